The van der Waals surface area contributed by atoms with Gasteiger partial charge in [0, 0.05) is 29.7 Å². The molecular formula is C25H39N3. The number of rotatable bonds is 8. The van der Waals surface area contributed by atoms with E-state index in [1.165, 1.54) is 107 Å². The van der Waals surface area contributed by atoms with Crippen LogP contribution in [-0.2, 0) is 6.42 Å². The molecule has 154 valence electrons. The molecular weight excluding hydrogens is 342 g/mol. The average molecular weight is 382 g/mol. The zero-order chi connectivity index (χ0) is 19.2. The van der Waals surface area contributed by atoms with E-state index < -0.39 is 0 Å². The fraction of sp³-hybridized carbons (Fsp3) is 0.680. The number of aromatic amines is 1. The first-order valence-electron chi connectivity index (χ1n) is 11.8. The maximum absolute atomic E-state index is 3.47. The van der Waals surface area contributed by atoms with Crippen LogP contribution in [0.25, 0.3) is 10.9 Å². The first-order chi connectivity index (χ1) is 13.8. The SMILES string of the molecule is CCCCN1CN(CCC2CCCCCC2)C[C@@H]1Cc1c[nH]c2ccccc12. The lowest BCUT2D eigenvalue weighted by molar-refractivity contribution is 0.210. The molecule has 1 aliphatic heterocycles. The summed E-state index contributed by atoms with van der Waals surface area (Å²) >= 11 is 0. The molecule has 0 radical (unpaired) electrons. The van der Waals surface area contributed by atoms with Crippen molar-refractivity contribution in [3.8, 4) is 0 Å². The Labute approximate surface area is 171 Å². The lowest BCUT2D eigenvalue weighted by atomic mass is 9.96. The van der Waals surface area contributed by atoms with Crippen LogP contribution in [0.2, 0.25) is 0 Å². The number of H-pyrrole nitrogens is 1. The normalized spacial score (nSPS) is 22.8. The summed E-state index contributed by atoms with van der Waals surface area (Å²) in [6, 6.07) is 9.43. The third-order valence-corrected chi connectivity index (χ3v) is 7.12. The summed E-state index contributed by atoms with van der Waals surface area (Å²) in [7, 11) is 0. The van der Waals surface area contributed by atoms with E-state index in [1.807, 2.05) is 0 Å². The minimum atomic E-state index is 0.667. The maximum Gasteiger partial charge on any atom is 0.0510 e. The minimum absolute atomic E-state index is 0.667. The molecule has 1 aromatic carbocycles. The van der Waals surface area contributed by atoms with Gasteiger partial charge in [-0.25, -0.2) is 0 Å². The van der Waals surface area contributed by atoms with Crippen molar-refractivity contribution in [3.05, 3.63) is 36.0 Å². The molecule has 1 N–H and O–H groups in total. The second-order valence-electron chi connectivity index (χ2n) is 9.25. The monoisotopic (exact) mass is 381 g/mol. The second kappa shape index (κ2) is 9.93. The van der Waals surface area contributed by atoms with Gasteiger partial charge in [0.25, 0.3) is 0 Å². The zero-order valence-corrected chi connectivity index (χ0v) is 17.8. The first kappa shape index (κ1) is 20.0. The Morgan fingerprint density at radius 3 is 2.68 bits per heavy atom. The molecule has 2 heterocycles. The number of aromatic nitrogens is 1. The van der Waals surface area contributed by atoms with Gasteiger partial charge in [-0.15, -0.1) is 0 Å². The summed E-state index contributed by atoms with van der Waals surface area (Å²) in [6.45, 7) is 7.30. The van der Waals surface area contributed by atoms with E-state index in [4.69, 9.17) is 0 Å². The van der Waals surface area contributed by atoms with E-state index >= 15 is 0 Å². The molecule has 0 amide bonds. The average Bonchev–Trinajstić information content (AvgIpc) is 3.20. The van der Waals surface area contributed by atoms with E-state index in [0.717, 1.165) is 5.92 Å². The summed E-state index contributed by atoms with van der Waals surface area (Å²) < 4.78 is 0. The quantitative estimate of drug-likeness (QED) is 0.583. The Balaban J connectivity index is 1.37. The van der Waals surface area contributed by atoms with Gasteiger partial charge in [0.1, 0.15) is 0 Å². The molecule has 1 saturated carbocycles. The lowest BCUT2D eigenvalue weighted by Gasteiger charge is -2.23. The van der Waals surface area contributed by atoms with E-state index in [2.05, 4.69) is 52.2 Å². The van der Waals surface area contributed by atoms with Crippen LogP contribution in [0.4, 0.5) is 0 Å². The van der Waals surface area contributed by atoms with Crippen LogP contribution in [0.1, 0.15) is 70.3 Å². The summed E-state index contributed by atoms with van der Waals surface area (Å²) in [5.41, 5.74) is 2.77. The summed E-state index contributed by atoms with van der Waals surface area (Å²) in [6.07, 6.45) is 16.3. The van der Waals surface area contributed by atoms with E-state index in [0.29, 0.717) is 6.04 Å². The highest BCUT2D eigenvalue weighted by molar-refractivity contribution is 5.83. The third kappa shape index (κ3) is 4.99. The highest BCUT2D eigenvalue weighted by Crippen LogP contribution is 2.28. The van der Waals surface area contributed by atoms with Gasteiger partial charge in [-0.2, -0.15) is 0 Å². The van der Waals surface area contributed by atoms with Crippen LogP contribution in [0.5, 0.6) is 0 Å². The Hall–Kier alpha value is -1.32. The second-order valence-corrected chi connectivity index (χ2v) is 9.25. The zero-order valence-electron chi connectivity index (χ0n) is 17.8. The standard InChI is InChI=1S/C25H39N3/c1-2-3-15-28-20-27(16-14-21-10-6-4-5-7-11-21)19-23(28)17-22-18-26-25-13-9-8-12-24(22)25/h8-9,12-13,18,21,23,26H,2-7,10-11,14-17,19-20H2,1H3/t23-/m0/s1. The smallest absolute Gasteiger partial charge is 0.0510 e. The minimum Gasteiger partial charge on any atom is -0.361 e. The number of hydrogen-bond acceptors (Lipinski definition) is 2. The first-order valence-corrected chi connectivity index (χ1v) is 11.8. The van der Waals surface area contributed by atoms with Gasteiger partial charge in [-0.05, 0) is 49.9 Å². The summed E-state index contributed by atoms with van der Waals surface area (Å²) in [5, 5.41) is 1.41. The van der Waals surface area contributed by atoms with Crippen LogP contribution in [0.15, 0.2) is 30.5 Å². The van der Waals surface area contributed by atoms with E-state index in [1.54, 1.807) is 0 Å². The molecule has 0 spiro atoms. The third-order valence-electron chi connectivity index (χ3n) is 7.12. The molecule has 3 nitrogen and oxygen atoms in total. The fourth-order valence-corrected chi connectivity index (χ4v) is 5.39. The number of para-hydroxylation sites is 1. The van der Waals surface area contributed by atoms with Gasteiger partial charge in [-0.3, -0.25) is 9.80 Å². The van der Waals surface area contributed by atoms with Crippen LogP contribution < -0.4 is 0 Å². The van der Waals surface area contributed by atoms with Crippen LogP contribution >= 0.6 is 0 Å². The molecule has 1 aromatic heterocycles. The Morgan fingerprint density at radius 1 is 1.04 bits per heavy atom. The van der Waals surface area contributed by atoms with Crippen molar-refractivity contribution >= 4 is 10.9 Å². The molecule has 1 saturated heterocycles. The van der Waals surface area contributed by atoms with Crippen molar-refractivity contribution in [1.29, 1.82) is 0 Å². The molecule has 2 aromatic rings. The molecule has 3 heteroatoms. The van der Waals surface area contributed by atoms with E-state index in [9.17, 15) is 0 Å². The Kier molecular flexibility index (Phi) is 7.09. The number of nitrogens with one attached hydrogen (secondary N) is 1. The molecule has 0 bridgehead atoms. The van der Waals surface area contributed by atoms with Gasteiger partial charge in [0.05, 0.1) is 6.67 Å². The summed E-state index contributed by atoms with van der Waals surface area (Å²) in [5.74, 6) is 0.985. The number of fused-ring (bicyclic) bond motifs is 1. The summed E-state index contributed by atoms with van der Waals surface area (Å²) in [4.78, 5) is 8.99. The van der Waals surface area contributed by atoms with Crippen LogP contribution in [0.3, 0.4) is 0 Å². The van der Waals surface area contributed by atoms with Crippen molar-refractivity contribution in [1.82, 2.24) is 14.8 Å². The van der Waals surface area contributed by atoms with Crippen molar-refractivity contribution in [2.75, 3.05) is 26.3 Å². The molecule has 28 heavy (non-hydrogen) atoms. The van der Waals surface area contributed by atoms with Crippen LogP contribution in [-0.4, -0.2) is 47.1 Å². The Bertz CT molecular complexity index is 713. The van der Waals surface area contributed by atoms with Crippen molar-refractivity contribution in [3.63, 3.8) is 0 Å². The van der Waals surface area contributed by atoms with Crippen molar-refractivity contribution < 1.29 is 0 Å². The molecule has 2 fully saturated rings. The number of unbranched alkanes of at least 4 members (excludes halogenated alkanes) is 1. The number of benzene rings is 1. The molecule has 1 aliphatic carbocycles. The van der Waals surface area contributed by atoms with Gasteiger partial charge < -0.3 is 4.98 Å². The van der Waals surface area contributed by atoms with Gasteiger partial charge in [0.2, 0.25) is 0 Å². The van der Waals surface area contributed by atoms with Crippen molar-refractivity contribution in [2.45, 2.75) is 77.2 Å². The van der Waals surface area contributed by atoms with Gasteiger partial charge in [-0.1, -0.05) is 70.1 Å². The highest BCUT2D eigenvalue weighted by atomic mass is 15.4. The predicted molar refractivity (Wildman–Crippen MR) is 120 cm³/mol. The Morgan fingerprint density at radius 2 is 1.86 bits per heavy atom. The topological polar surface area (TPSA) is 22.3 Å². The molecule has 4 rings (SSSR count). The van der Waals surface area contributed by atoms with Crippen molar-refractivity contribution in [2.24, 2.45) is 5.92 Å². The lowest BCUT2D eigenvalue weighted by Crippen LogP contribution is -2.33. The number of nitrogens with zero attached hydrogens (tertiary/aromatic N) is 2. The predicted octanol–water partition coefficient (Wildman–Crippen LogP) is 5.81. The maximum atomic E-state index is 3.47. The molecule has 1 atom stereocenters. The highest BCUT2D eigenvalue weighted by Gasteiger charge is 2.30. The van der Waals surface area contributed by atoms with E-state index in [-0.39, 0.29) is 0 Å². The largest absolute Gasteiger partial charge is 0.361 e. The van der Waals surface area contributed by atoms with Crippen LogP contribution in [0, 0.1) is 5.92 Å². The van der Waals surface area contributed by atoms with Gasteiger partial charge >= 0.3 is 0 Å². The molecule has 2 aliphatic rings. The number of hydrogen-bond donors (Lipinski definition) is 1. The van der Waals surface area contributed by atoms with Gasteiger partial charge in [0.15, 0.2) is 0 Å². The molecule has 0 unspecified atom stereocenters. The fourth-order valence-electron chi connectivity index (χ4n) is 5.39.